The minimum atomic E-state index is -0.0955. The van der Waals surface area contributed by atoms with Crippen LogP contribution in [0.3, 0.4) is 0 Å². The molecule has 0 spiro atoms. The topological polar surface area (TPSA) is 68.0 Å². The maximum atomic E-state index is 11.7. The van der Waals surface area contributed by atoms with Crippen LogP contribution in [0.4, 0.5) is 0 Å². The molecule has 1 heterocycles. The molecule has 0 saturated carbocycles. The zero-order valence-corrected chi connectivity index (χ0v) is 9.51. The number of carbonyl (C=O) groups excluding carboxylic acids is 1. The second-order valence-corrected chi connectivity index (χ2v) is 3.59. The molecule has 1 aromatic heterocycles. The van der Waals surface area contributed by atoms with Crippen LogP contribution < -0.4 is 5.32 Å². The smallest absolute Gasteiger partial charge is 0.251 e. The number of carbonyl (C=O) groups is 1. The molecular weight excluding hydrogens is 218 g/mol. The van der Waals surface area contributed by atoms with Gasteiger partial charge in [-0.05, 0) is 12.1 Å². The average molecular weight is 231 g/mol. The standard InChI is InChI=1S/C12H13N3O2/c1-9-14-15-11(17-9)7-8-13-12(16)10-5-3-2-4-6-10/h2-6H,7-8H2,1H3,(H,13,16). The van der Waals surface area contributed by atoms with Crippen LogP contribution in [0.25, 0.3) is 0 Å². The highest BCUT2D eigenvalue weighted by molar-refractivity contribution is 5.94. The van der Waals surface area contributed by atoms with Crippen molar-refractivity contribution >= 4 is 5.91 Å². The van der Waals surface area contributed by atoms with E-state index in [4.69, 9.17) is 4.42 Å². The third-order valence-corrected chi connectivity index (χ3v) is 2.23. The molecule has 2 aromatic rings. The van der Waals surface area contributed by atoms with E-state index in [0.717, 1.165) is 0 Å². The van der Waals surface area contributed by atoms with Crippen molar-refractivity contribution in [1.29, 1.82) is 0 Å². The molecule has 0 aliphatic heterocycles. The number of benzene rings is 1. The fourth-order valence-electron chi connectivity index (χ4n) is 1.41. The molecule has 5 nitrogen and oxygen atoms in total. The van der Waals surface area contributed by atoms with Crippen molar-refractivity contribution in [2.75, 3.05) is 6.54 Å². The highest BCUT2D eigenvalue weighted by Crippen LogP contribution is 1.99. The summed E-state index contributed by atoms with van der Waals surface area (Å²) in [5.41, 5.74) is 0.647. The molecule has 88 valence electrons. The lowest BCUT2D eigenvalue weighted by atomic mass is 10.2. The number of nitrogens with one attached hydrogen (secondary N) is 1. The van der Waals surface area contributed by atoms with Crippen LogP contribution in [0, 0.1) is 6.92 Å². The van der Waals surface area contributed by atoms with Crippen molar-refractivity contribution in [1.82, 2.24) is 15.5 Å². The molecular formula is C12H13N3O2. The van der Waals surface area contributed by atoms with E-state index >= 15 is 0 Å². The molecule has 5 heteroatoms. The van der Waals surface area contributed by atoms with Crippen LogP contribution in [-0.2, 0) is 6.42 Å². The molecule has 0 aliphatic rings. The summed E-state index contributed by atoms with van der Waals surface area (Å²) < 4.78 is 5.20. The highest BCUT2D eigenvalue weighted by atomic mass is 16.4. The van der Waals surface area contributed by atoms with Gasteiger partial charge in [-0.2, -0.15) is 0 Å². The van der Waals surface area contributed by atoms with Gasteiger partial charge >= 0.3 is 0 Å². The van der Waals surface area contributed by atoms with Crippen LogP contribution in [0.5, 0.6) is 0 Å². The monoisotopic (exact) mass is 231 g/mol. The molecule has 0 radical (unpaired) electrons. The van der Waals surface area contributed by atoms with Crippen LogP contribution in [-0.4, -0.2) is 22.6 Å². The van der Waals surface area contributed by atoms with Gasteiger partial charge < -0.3 is 9.73 Å². The van der Waals surface area contributed by atoms with Gasteiger partial charge in [0, 0.05) is 25.5 Å². The first-order valence-electron chi connectivity index (χ1n) is 5.38. The van der Waals surface area contributed by atoms with E-state index in [9.17, 15) is 4.79 Å². The van der Waals surface area contributed by atoms with E-state index in [1.165, 1.54) is 0 Å². The zero-order valence-electron chi connectivity index (χ0n) is 9.51. The number of hydrogen-bond donors (Lipinski definition) is 1. The molecule has 1 aromatic carbocycles. The molecule has 17 heavy (non-hydrogen) atoms. The van der Waals surface area contributed by atoms with Gasteiger partial charge in [-0.3, -0.25) is 4.79 Å². The lowest BCUT2D eigenvalue weighted by Crippen LogP contribution is -2.25. The van der Waals surface area contributed by atoms with E-state index in [2.05, 4.69) is 15.5 Å². The predicted molar refractivity (Wildman–Crippen MR) is 61.5 cm³/mol. The Balaban J connectivity index is 1.81. The van der Waals surface area contributed by atoms with E-state index in [-0.39, 0.29) is 5.91 Å². The summed E-state index contributed by atoms with van der Waals surface area (Å²) in [7, 11) is 0. The Labute approximate surface area is 98.9 Å². The molecule has 2 rings (SSSR count). The van der Waals surface area contributed by atoms with Crippen molar-refractivity contribution in [3.63, 3.8) is 0 Å². The van der Waals surface area contributed by atoms with Crippen molar-refractivity contribution in [3.05, 3.63) is 47.7 Å². The van der Waals surface area contributed by atoms with Gasteiger partial charge in [0.25, 0.3) is 5.91 Å². The van der Waals surface area contributed by atoms with Crippen LogP contribution in [0.1, 0.15) is 22.1 Å². The molecule has 0 saturated heterocycles. The van der Waals surface area contributed by atoms with Crippen molar-refractivity contribution in [3.8, 4) is 0 Å². The Morgan fingerprint density at radius 3 is 2.71 bits per heavy atom. The second kappa shape index (κ2) is 5.25. The number of aryl methyl sites for hydroxylation is 1. The van der Waals surface area contributed by atoms with Gasteiger partial charge in [0.15, 0.2) is 0 Å². The number of nitrogens with zero attached hydrogens (tertiary/aromatic N) is 2. The minimum absolute atomic E-state index is 0.0955. The summed E-state index contributed by atoms with van der Waals surface area (Å²) in [6.07, 6.45) is 0.541. The van der Waals surface area contributed by atoms with Gasteiger partial charge in [0.1, 0.15) is 0 Å². The molecule has 0 unspecified atom stereocenters. The van der Waals surface area contributed by atoms with Crippen molar-refractivity contribution in [2.45, 2.75) is 13.3 Å². The minimum Gasteiger partial charge on any atom is -0.426 e. The maximum absolute atomic E-state index is 11.7. The summed E-state index contributed by atoms with van der Waals surface area (Å²) in [6.45, 7) is 2.22. The van der Waals surface area contributed by atoms with Crippen molar-refractivity contribution < 1.29 is 9.21 Å². The Morgan fingerprint density at radius 1 is 1.29 bits per heavy atom. The summed E-state index contributed by atoms with van der Waals surface area (Å²) in [5.74, 6) is 0.979. The number of amides is 1. The lowest BCUT2D eigenvalue weighted by molar-refractivity contribution is 0.0953. The van der Waals surface area contributed by atoms with Gasteiger partial charge in [0.2, 0.25) is 11.8 Å². The number of aromatic nitrogens is 2. The average Bonchev–Trinajstić information content (AvgIpc) is 2.76. The fourth-order valence-corrected chi connectivity index (χ4v) is 1.41. The third kappa shape index (κ3) is 3.14. The van der Waals surface area contributed by atoms with E-state index in [1.54, 1.807) is 19.1 Å². The Morgan fingerprint density at radius 2 is 2.06 bits per heavy atom. The first-order valence-corrected chi connectivity index (χ1v) is 5.38. The summed E-state index contributed by atoms with van der Waals surface area (Å²) >= 11 is 0. The normalized spacial score (nSPS) is 10.2. The molecule has 0 fully saturated rings. The SMILES string of the molecule is Cc1nnc(CCNC(=O)c2ccccc2)o1. The van der Waals surface area contributed by atoms with Crippen molar-refractivity contribution in [2.24, 2.45) is 0 Å². The Bertz CT molecular complexity index is 493. The number of rotatable bonds is 4. The summed E-state index contributed by atoms with van der Waals surface area (Å²) in [5, 5.41) is 10.4. The summed E-state index contributed by atoms with van der Waals surface area (Å²) in [6, 6.07) is 9.07. The van der Waals surface area contributed by atoms with Gasteiger partial charge in [-0.25, -0.2) is 0 Å². The summed E-state index contributed by atoms with van der Waals surface area (Å²) in [4.78, 5) is 11.7. The first kappa shape index (κ1) is 11.3. The second-order valence-electron chi connectivity index (χ2n) is 3.59. The quantitative estimate of drug-likeness (QED) is 0.862. The van der Waals surface area contributed by atoms with E-state index in [1.807, 2.05) is 18.2 Å². The van der Waals surface area contributed by atoms with E-state index < -0.39 is 0 Å². The zero-order chi connectivity index (χ0) is 12.1. The lowest BCUT2D eigenvalue weighted by Gasteiger charge is -2.02. The maximum Gasteiger partial charge on any atom is 0.251 e. The molecule has 1 N–H and O–H groups in total. The van der Waals surface area contributed by atoms with Gasteiger partial charge in [-0.15, -0.1) is 10.2 Å². The highest BCUT2D eigenvalue weighted by Gasteiger charge is 2.05. The van der Waals surface area contributed by atoms with Gasteiger partial charge in [-0.1, -0.05) is 18.2 Å². The van der Waals surface area contributed by atoms with Crippen LogP contribution in [0.15, 0.2) is 34.7 Å². The molecule has 0 aliphatic carbocycles. The van der Waals surface area contributed by atoms with Crippen LogP contribution in [0.2, 0.25) is 0 Å². The number of hydrogen-bond acceptors (Lipinski definition) is 4. The van der Waals surface area contributed by atoms with Gasteiger partial charge in [0.05, 0.1) is 0 Å². The predicted octanol–water partition coefficient (Wildman–Crippen LogP) is 1.35. The molecule has 0 atom stereocenters. The third-order valence-electron chi connectivity index (χ3n) is 2.23. The first-order chi connectivity index (χ1) is 8.25. The Hall–Kier alpha value is -2.17. The Kier molecular flexibility index (Phi) is 3.49. The van der Waals surface area contributed by atoms with E-state index in [0.29, 0.717) is 30.3 Å². The van der Waals surface area contributed by atoms with Crippen LogP contribution >= 0.6 is 0 Å². The fraction of sp³-hybridized carbons (Fsp3) is 0.250. The molecule has 1 amide bonds. The molecule has 0 bridgehead atoms. The largest absolute Gasteiger partial charge is 0.426 e.